The van der Waals surface area contributed by atoms with Crippen LogP contribution in [0.15, 0.2) is 30.6 Å². The van der Waals surface area contributed by atoms with Gasteiger partial charge in [-0.1, -0.05) is 0 Å². The maximum atomic E-state index is 5.86. The number of nitrogen functional groups attached to an aromatic ring is 1. The number of aromatic nitrogens is 4. The Balaban J connectivity index is 1.95. The van der Waals surface area contributed by atoms with E-state index < -0.39 is 0 Å². The monoisotopic (exact) mass is 268 g/mol. The van der Waals surface area contributed by atoms with Gasteiger partial charge >= 0.3 is 0 Å². The van der Waals surface area contributed by atoms with E-state index in [2.05, 4.69) is 20.4 Å². The number of nitrogens with two attached hydrogens (primary N) is 1. The molecule has 6 heteroatoms. The molecule has 2 heterocycles. The number of nitrogens with one attached hydrogen (secondary N) is 1. The fraction of sp³-hybridized carbons (Fsp3) is 0.214. The quantitative estimate of drug-likeness (QED) is 0.709. The van der Waals surface area contributed by atoms with Crippen LogP contribution in [0.5, 0.6) is 0 Å². The number of benzene rings is 1. The average molecular weight is 268 g/mol. The first kappa shape index (κ1) is 12.4. The summed E-state index contributed by atoms with van der Waals surface area (Å²) in [5.41, 5.74) is 9.46. The van der Waals surface area contributed by atoms with E-state index in [0.29, 0.717) is 6.54 Å². The van der Waals surface area contributed by atoms with Crippen molar-refractivity contribution < 1.29 is 0 Å². The minimum Gasteiger partial charge on any atom is -0.399 e. The molecule has 0 aliphatic heterocycles. The number of rotatable bonds is 3. The van der Waals surface area contributed by atoms with Crippen molar-refractivity contribution in [1.82, 2.24) is 19.7 Å². The first-order valence-electron chi connectivity index (χ1n) is 6.37. The topological polar surface area (TPSA) is 81.7 Å². The first-order chi connectivity index (χ1) is 9.61. The van der Waals surface area contributed by atoms with E-state index in [4.69, 9.17) is 5.73 Å². The molecule has 0 atom stereocenters. The van der Waals surface area contributed by atoms with Crippen LogP contribution in [0.4, 0.5) is 11.4 Å². The van der Waals surface area contributed by atoms with Crippen molar-refractivity contribution >= 4 is 22.3 Å². The van der Waals surface area contributed by atoms with Crippen molar-refractivity contribution in [1.29, 1.82) is 0 Å². The van der Waals surface area contributed by atoms with Gasteiger partial charge in [0.15, 0.2) is 5.82 Å². The summed E-state index contributed by atoms with van der Waals surface area (Å²) in [6.45, 7) is 2.54. The minimum absolute atomic E-state index is 0.564. The van der Waals surface area contributed by atoms with Crippen molar-refractivity contribution in [3.63, 3.8) is 0 Å². The molecule has 0 saturated heterocycles. The standard InChI is InChI=1S/C14H16N6/c1-9-5-13(16-7-14-17-8-20(2)19-14)11-6-10(15)3-4-12(11)18-9/h3-6,8H,7,15H2,1-2H3,(H,16,18). The van der Waals surface area contributed by atoms with Crippen LogP contribution in [-0.4, -0.2) is 19.7 Å². The summed E-state index contributed by atoms with van der Waals surface area (Å²) >= 11 is 0. The van der Waals surface area contributed by atoms with Crippen LogP contribution in [0, 0.1) is 6.92 Å². The maximum Gasteiger partial charge on any atom is 0.169 e. The van der Waals surface area contributed by atoms with Gasteiger partial charge in [-0.2, -0.15) is 5.10 Å². The van der Waals surface area contributed by atoms with Crippen LogP contribution in [0.25, 0.3) is 10.9 Å². The highest BCUT2D eigenvalue weighted by Crippen LogP contribution is 2.25. The molecular weight excluding hydrogens is 252 g/mol. The van der Waals surface area contributed by atoms with Gasteiger partial charge in [0.05, 0.1) is 12.1 Å². The maximum absolute atomic E-state index is 5.86. The summed E-state index contributed by atoms with van der Waals surface area (Å²) in [7, 11) is 1.85. The van der Waals surface area contributed by atoms with Crippen LogP contribution < -0.4 is 11.1 Å². The number of nitrogens with zero attached hydrogens (tertiary/aromatic N) is 4. The molecule has 0 saturated carbocycles. The Morgan fingerprint density at radius 3 is 2.90 bits per heavy atom. The molecule has 0 unspecified atom stereocenters. The van der Waals surface area contributed by atoms with Crippen molar-refractivity contribution in [2.75, 3.05) is 11.1 Å². The summed E-state index contributed by atoms with van der Waals surface area (Å²) in [5.74, 6) is 0.749. The molecule has 0 aliphatic carbocycles. The summed E-state index contributed by atoms with van der Waals surface area (Å²) in [6, 6.07) is 7.72. The lowest BCUT2D eigenvalue weighted by Crippen LogP contribution is -2.04. The van der Waals surface area contributed by atoms with E-state index in [1.807, 2.05) is 38.2 Å². The molecule has 3 rings (SSSR count). The van der Waals surface area contributed by atoms with Crippen LogP contribution in [0.3, 0.4) is 0 Å². The number of hydrogen-bond donors (Lipinski definition) is 2. The Labute approximate surface area is 116 Å². The molecule has 0 aliphatic rings. The van der Waals surface area contributed by atoms with Crippen LogP contribution in [-0.2, 0) is 13.6 Å². The molecule has 1 aromatic carbocycles. The second-order valence-electron chi connectivity index (χ2n) is 4.78. The SMILES string of the molecule is Cc1cc(NCc2ncn(C)n2)c2cc(N)ccc2n1. The lowest BCUT2D eigenvalue weighted by molar-refractivity contribution is 0.747. The van der Waals surface area contributed by atoms with E-state index in [1.165, 1.54) is 0 Å². The summed E-state index contributed by atoms with van der Waals surface area (Å²) in [6.07, 6.45) is 1.69. The van der Waals surface area contributed by atoms with Gasteiger partial charge in [0.25, 0.3) is 0 Å². The molecule has 3 aromatic rings. The molecule has 0 amide bonds. The molecule has 2 aromatic heterocycles. The Bertz CT molecular complexity index is 761. The molecule has 102 valence electrons. The van der Waals surface area contributed by atoms with Gasteiger partial charge in [0.1, 0.15) is 6.33 Å². The van der Waals surface area contributed by atoms with Crippen LogP contribution in [0.1, 0.15) is 11.5 Å². The van der Waals surface area contributed by atoms with Gasteiger partial charge in [-0.3, -0.25) is 9.67 Å². The predicted molar refractivity (Wildman–Crippen MR) is 79.2 cm³/mol. The normalized spacial score (nSPS) is 10.9. The molecular formula is C14H16N6. The Hall–Kier alpha value is -2.63. The molecule has 0 spiro atoms. The van der Waals surface area contributed by atoms with Gasteiger partial charge in [-0.15, -0.1) is 0 Å². The summed E-state index contributed by atoms with van der Waals surface area (Å²) < 4.78 is 1.69. The fourth-order valence-corrected chi connectivity index (χ4v) is 2.16. The largest absolute Gasteiger partial charge is 0.399 e. The second kappa shape index (κ2) is 4.80. The molecule has 0 radical (unpaired) electrons. The van der Waals surface area contributed by atoms with E-state index in [0.717, 1.165) is 33.8 Å². The third kappa shape index (κ3) is 2.40. The van der Waals surface area contributed by atoms with Crippen molar-refractivity contribution in [3.05, 3.63) is 42.1 Å². The zero-order valence-corrected chi connectivity index (χ0v) is 11.5. The number of aryl methyl sites for hydroxylation is 2. The van der Waals surface area contributed by atoms with Crippen molar-refractivity contribution in [2.24, 2.45) is 7.05 Å². The average Bonchev–Trinajstić information content (AvgIpc) is 2.82. The molecule has 20 heavy (non-hydrogen) atoms. The van der Waals surface area contributed by atoms with Gasteiger partial charge in [-0.05, 0) is 31.2 Å². The lowest BCUT2D eigenvalue weighted by Gasteiger charge is -2.10. The molecule has 6 nitrogen and oxygen atoms in total. The second-order valence-corrected chi connectivity index (χ2v) is 4.78. The van der Waals surface area contributed by atoms with Gasteiger partial charge < -0.3 is 11.1 Å². The molecule has 3 N–H and O–H groups in total. The van der Waals surface area contributed by atoms with Gasteiger partial charge in [0.2, 0.25) is 0 Å². The minimum atomic E-state index is 0.564. The fourth-order valence-electron chi connectivity index (χ4n) is 2.16. The number of hydrogen-bond acceptors (Lipinski definition) is 5. The van der Waals surface area contributed by atoms with Crippen LogP contribution in [0.2, 0.25) is 0 Å². The van der Waals surface area contributed by atoms with E-state index in [9.17, 15) is 0 Å². The van der Waals surface area contributed by atoms with Gasteiger partial charge in [-0.25, -0.2) is 4.98 Å². The Morgan fingerprint density at radius 2 is 2.15 bits per heavy atom. The Kier molecular flexibility index (Phi) is 2.98. The van der Waals surface area contributed by atoms with E-state index in [1.54, 1.807) is 11.0 Å². The number of anilines is 2. The Morgan fingerprint density at radius 1 is 1.30 bits per heavy atom. The summed E-state index contributed by atoms with van der Waals surface area (Å²) in [4.78, 5) is 8.71. The first-order valence-corrected chi connectivity index (χ1v) is 6.37. The third-order valence-electron chi connectivity index (χ3n) is 3.04. The number of fused-ring (bicyclic) bond motifs is 1. The summed E-state index contributed by atoms with van der Waals surface area (Å²) in [5, 5.41) is 8.61. The molecule has 0 fully saturated rings. The van der Waals surface area contributed by atoms with Crippen molar-refractivity contribution in [2.45, 2.75) is 13.5 Å². The predicted octanol–water partition coefficient (Wildman–Crippen LogP) is 1.87. The highest BCUT2D eigenvalue weighted by molar-refractivity contribution is 5.93. The third-order valence-corrected chi connectivity index (χ3v) is 3.04. The van der Waals surface area contributed by atoms with Crippen LogP contribution >= 0.6 is 0 Å². The highest BCUT2D eigenvalue weighted by atomic mass is 15.3. The number of pyridine rings is 1. The zero-order valence-electron chi connectivity index (χ0n) is 11.5. The van der Waals surface area contributed by atoms with E-state index >= 15 is 0 Å². The lowest BCUT2D eigenvalue weighted by atomic mass is 10.1. The zero-order chi connectivity index (χ0) is 14.1. The smallest absolute Gasteiger partial charge is 0.169 e. The van der Waals surface area contributed by atoms with E-state index in [-0.39, 0.29) is 0 Å². The van der Waals surface area contributed by atoms with Gasteiger partial charge in [0, 0.05) is 29.5 Å². The molecule has 0 bridgehead atoms. The highest BCUT2D eigenvalue weighted by Gasteiger charge is 2.06. The van der Waals surface area contributed by atoms with Crippen molar-refractivity contribution in [3.8, 4) is 0 Å².